The van der Waals surface area contributed by atoms with E-state index in [0.717, 1.165) is 37.1 Å². The fourth-order valence-electron chi connectivity index (χ4n) is 4.17. The van der Waals surface area contributed by atoms with Crippen LogP contribution in [0.25, 0.3) is 0 Å². The third-order valence-corrected chi connectivity index (χ3v) is 8.54. The number of hydrogen-bond acceptors (Lipinski definition) is 6. The lowest BCUT2D eigenvalue weighted by atomic mass is 9.98. The molecule has 0 spiro atoms. The van der Waals surface area contributed by atoms with Crippen molar-refractivity contribution >= 4 is 26.0 Å². The van der Waals surface area contributed by atoms with Gasteiger partial charge in [0, 0.05) is 49.3 Å². The van der Waals surface area contributed by atoms with E-state index in [9.17, 15) is 13.5 Å². The van der Waals surface area contributed by atoms with Crippen LogP contribution in [0.4, 0.5) is 0 Å². The van der Waals surface area contributed by atoms with Crippen molar-refractivity contribution in [1.29, 1.82) is 0 Å². The summed E-state index contributed by atoms with van der Waals surface area (Å²) in [4.78, 5) is 2.43. The van der Waals surface area contributed by atoms with Gasteiger partial charge in [-0.1, -0.05) is 22.9 Å². The molecule has 0 bridgehead atoms. The van der Waals surface area contributed by atoms with Crippen LogP contribution >= 0.6 is 15.9 Å². The quantitative estimate of drug-likeness (QED) is 0.641. The van der Waals surface area contributed by atoms with Crippen molar-refractivity contribution in [3.8, 4) is 5.75 Å². The predicted molar refractivity (Wildman–Crippen MR) is 119 cm³/mol. The van der Waals surface area contributed by atoms with Crippen LogP contribution in [0.15, 0.2) is 27.6 Å². The first kappa shape index (κ1) is 23.9. The normalized spacial score (nSPS) is 26.5. The van der Waals surface area contributed by atoms with E-state index in [4.69, 9.17) is 9.47 Å². The minimum absolute atomic E-state index is 0.0435. The number of fused-ring (bicyclic) bond motifs is 1. The number of rotatable bonds is 6. The molecule has 1 saturated heterocycles. The Hall–Kier alpha value is -0.710. The van der Waals surface area contributed by atoms with Crippen molar-refractivity contribution in [3.05, 3.63) is 22.7 Å². The maximum absolute atomic E-state index is 13.3. The van der Waals surface area contributed by atoms with E-state index in [1.165, 1.54) is 4.31 Å². The van der Waals surface area contributed by atoms with E-state index >= 15 is 0 Å². The predicted octanol–water partition coefficient (Wildman–Crippen LogP) is 2.58. The van der Waals surface area contributed by atoms with Crippen LogP contribution in [-0.4, -0.2) is 81.4 Å². The number of ether oxygens (including phenoxy) is 2. The molecule has 9 heteroatoms. The Balaban J connectivity index is 1.86. The van der Waals surface area contributed by atoms with Gasteiger partial charge >= 0.3 is 0 Å². The molecule has 2 heterocycles. The highest BCUT2D eigenvalue weighted by molar-refractivity contribution is 9.10. The first-order valence-electron chi connectivity index (χ1n) is 10.6. The van der Waals surface area contributed by atoms with E-state index in [1.54, 1.807) is 25.1 Å². The van der Waals surface area contributed by atoms with E-state index < -0.39 is 16.1 Å². The number of benzene rings is 1. The molecule has 1 fully saturated rings. The van der Waals surface area contributed by atoms with Gasteiger partial charge in [-0.05, 0) is 50.9 Å². The highest BCUT2D eigenvalue weighted by Gasteiger charge is 2.38. The smallest absolute Gasteiger partial charge is 0.247 e. The van der Waals surface area contributed by atoms with Gasteiger partial charge in [0.25, 0.3) is 0 Å². The van der Waals surface area contributed by atoms with E-state index in [0.29, 0.717) is 24.8 Å². The van der Waals surface area contributed by atoms with Crippen LogP contribution in [0.1, 0.15) is 26.7 Å². The van der Waals surface area contributed by atoms with Crippen LogP contribution in [-0.2, 0) is 14.8 Å². The largest absolute Gasteiger partial charge is 0.487 e. The van der Waals surface area contributed by atoms with Crippen LogP contribution < -0.4 is 4.74 Å². The molecule has 2 aliphatic rings. The number of nitrogens with zero attached hydrogens (tertiary/aromatic N) is 2. The second kappa shape index (κ2) is 10.3. The summed E-state index contributed by atoms with van der Waals surface area (Å²) in [5.74, 6) is 0.925. The van der Waals surface area contributed by atoms with Gasteiger partial charge in [-0.25, -0.2) is 8.42 Å². The fourth-order valence-corrected chi connectivity index (χ4v) is 6.33. The molecule has 30 heavy (non-hydrogen) atoms. The lowest BCUT2D eigenvalue weighted by Gasteiger charge is -2.38. The zero-order valence-electron chi connectivity index (χ0n) is 18.0. The molecule has 1 N–H and O–H groups in total. The number of aliphatic hydroxyl groups is 1. The van der Waals surface area contributed by atoms with Crippen molar-refractivity contribution in [2.45, 2.75) is 43.7 Å². The summed E-state index contributed by atoms with van der Waals surface area (Å²) in [7, 11) is -1.68. The summed E-state index contributed by atoms with van der Waals surface area (Å²) in [6.07, 6.45) is 1.97. The van der Waals surface area contributed by atoms with Crippen molar-refractivity contribution in [3.63, 3.8) is 0 Å². The Morgan fingerprint density at radius 1 is 1.30 bits per heavy atom. The second-order valence-electron chi connectivity index (χ2n) is 8.61. The molecule has 3 atom stereocenters. The van der Waals surface area contributed by atoms with E-state index in [2.05, 4.69) is 27.9 Å². The number of halogens is 1. The SMILES string of the molecule is C[C@H](CO)N1C[C@H](C)[C@@H](CN(C)CC2CCOCC2)Oc2cc(Br)ccc2S1(=O)=O. The van der Waals surface area contributed by atoms with E-state index in [1.807, 2.05) is 6.92 Å². The average Bonchev–Trinajstić information content (AvgIpc) is 2.70. The number of likely N-dealkylation sites (N-methyl/N-ethyl adjacent to an activating group) is 1. The highest BCUT2D eigenvalue weighted by atomic mass is 79.9. The molecule has 1 aromatic rings. The number of sulfonamides is 1. The van der Waals surface area contributed by atoms with Gasteiger partial charge in [0.2, 0.25) is 10.0 Å². The van der Waals surface area contributed by atoms with Gasteiger partial charge in [0.15, 0.2) is 0 Å². The van der Waals surface area contributed by atoms with Crippen molar-refractivity contribution in [1.82, 2.24) is 9.21 Å². The monoisotopic (exact) mass is 504 g/mol. The van der Waals surface area contributed by atoms with Gasteiger partial charge in [-0.3, -0.25) is 0 Å². The lowest BCUT2D eigenvalue weighted by Crippen LogP contribution is -2.50. The molecule has 0 radical (unpaired) electrons. The molecule has 0 saturated carbocycles. The minimum Gasteiger partial charge on any atom is -0.487 e. The molecule has 0 unspecified atom stereocenters. The zero-order chi connectivity index (χ0) is 21.9. The Morgan fingerprint density at radius 2 is 2.00 bits per heavy atom. The number of aliphatic hydroxyl groups excluding tert-OH is 1. The van der Waals surface area contributed by atoms with Gasteiger partial charge in [0.1, 0.15) is 16.7 Å². The third-order valence-electron chi connectivity index (χ3n) is 6.03. The molecule has 0 aliphatic carbocycles. The van der Waals surface area contributed by atoms with Gasteiger partial charge in [-0.15, -0.1) is 0 Å². The van der Waals surface area contributed by atoms with Crippen molar-refractivity contribution in [2.24, 2.45) is 11.8 Å². The van der Waals surface area contributed by atoms with Crippen LogP contribution in [0.3, 0.4) is 0 Å². The Kier molecular flexibility index (Phi) is 8.20. The van der Waals surface area contributed by atoms with E-state index in [-0.39, 0.29) is 23.5 Å². The van der Waals surface area contributed by atoms with Gasteiger partial charge < -0.3 is 19.5 Å². The Bertz CT molecular complexity index is 816. The molecule has 1 aromatic carbocycles. The average molecular weight is 505 g/mol. The molecule has 2 aliphatic heterocycles. The summed E-state index contributed by atoms with van der Waals surface area (Å²) in [5.41, 5.74) is 0. The third kappa shape index (κ3) is 5.55. The Labute approximate surface area is 188 Å². The maximum Gasteiger partial charge on any atom is 0.247 e. The van der Waals surface area contributed by atoms with Crippen LogP contribution in [0.5, 0.6) is 5.75 Å². The first-order chi connectivity index (χ1) is 14.2. The van der Waals surface area contributed by atoms with Crippen LogP contribution in [0, 0.1) is 11.8 Å². The highest BCUT2D eigenvalue weighted by Crippen LogP contribution is 2.35. The lowest BCUT2D eigenvalue weighted by molar-refractivity contribution is 0.0402. The van der Waals surface area contributed by atoms with Crippen molar-refractivity contribution in [2.75, 3.05) is 46.5 Å². The van der Waals surface area contributed by atoms with Gasteiger partial charge in [-0.2, -0.15) is 4.31 Å². The summed E-state index contributed by atoms with van der Waals surface area (Å²) in [6, 6.07) is 4.49. The van der Waals surface area contributed by atoms with Gasteiger partial charge in [0.05, 0.1) is 6.61 Å². The van der Waals surface area contributed by atoms with Crippen molar-refractivity contribution < 1.29 is 23.0 Å². The molecular weight excluding hydrogens is 472 g/mol. The molecule has 0 aromatic heterocycles. The maximum atomic E-state index is 13.3. The Morgan fingerprint density at radius 3 is 2.67 bits per heavy atom. The second-order valence-corrected chi connectivity index (χ2v) is 11.4. The molecule has 170 valence electrons. The summed E-state index contributed by atoms with van der Waals surface area (Å²) < 4.78 is 40.6. The topological polar surface area (TPSA) is 79.3 Å². The standard InChI is InChI=1S/C21H33BrN2O5S/c1-15-11-24(16(2)14-25)30(26,27)21-5-4-18(22)10-19(21)29-20(15)13-23(3)12-17-6-8-28-9-7-17/h4-5,10,15-17,20,25H,6-9,11-14H2,1-3H3/t15-,16+,20+/m0/s1. The molecule has 7 nitrogen and oxygen atoms in total. The van der Waals surface area contributed by atoms with Crippen LogP contribution in [0.2, 0.25) is 0 Å². The first-order valence-corrected chi connectivity index (χ1v) is 12.8. The summed E-state index contributed by atoms with van der Waals surface area (Å²) >= 11 is 3.43. The summed E-state index contributed by atoms with van der Waals surface area (Å²) in [6.45, 7) is 7.13. The minimum atomic E-state index is -3.78. The zero-order valence-corrected chi connectivity index (χ0v) is 20.4. The number of hydrogen-bond donors (Lipinski definition) is 1. The molecule has 0 amide bonds. The summed E-state index contributed by atoms with van der Waals surface area (Å²) in [5, 5.41) is 9.69. The fraction of sp³-hybridized carbons (Fsp3) is 0.714. The molecule has 3 rings (SSSR count). The molecular formula is C21H33BrN2O5S.